The molecule has 2 nitrogen and oxygen atoms in total. The van der Waals surface area contributed by atoms with Crippen LogP contribution in [0.5, 0.6) is 0 Å². The van der Waals surface area contributed by atoms with E-state index in [0.29, 0.717) is 5.92 Å². The second-order valence-corrected chi connectivity index (χ2v) is 5.37. The molecule has 0 radical (unpaired) electrons. The quantitative estimate of drug-likeness (QED) is 0.644. The van der Waals surface area contributed by atoms with Crippen LogP contribution in [0, 0.1) is 0 Å². The number of aromatic nitrogens is 2. The summed E-state index contributed by atoms with van der Waals surface area (Å²) in [5, 5.41) is 0. The molecule has 1 unspecified atom stereocenters. The molecule has 106 valence electrons. The lowest BCUT2D eigenvalue weighted by atomic mass is 9.88. The van der Waals surface area contributed by atoms with Gasteiger partial charge in [-0.2, -0.15) is 0 Å². The number of hydrogen-bond donors (Lipinski definition) is 0. The number of nitrogens with zero attached hydrogens (tertiary/aromatic N) is 2. The second kappa shape index (κ2) is 8.47. The molecular weight excluding hydrogens is 244 g/mol. The Morgan fingerprint density at radius 3 is 2.15 bits per heavy atom. The fourth-order valence-electron chi connectivity index (χ4n) is 2.64. The van der Waals surface area contributed by atoms with Crippen molar-refractivity contribution in [2.45, 2.75) is 51.4 Å². The Bertz CT molecular complexity index is 467. The number of hydrogen-bond acceptors (Lipinski definition) is 2. The molecule has 0 saturated carbocycles. The average Bonchev–Trinajstić information content (AvgIpc) is 2.52. The molecule has 0 aliphatic rings. The lowest BCUT2D eigenvalue weighted by molar-refractivity contribution is 0.534. The van der Waals surface area contributed by atoms with Gasteiger partial charge in [-0.3, -0.25) is 9.97 Å². The van der Waals surface area contributed by atoms with Gasteiger partial charge in [0.15, 0.2) is 0 Å². The van der Waals surface area contributed by atoms with Crippen LogP contribution in [-0.2, 0) is 6.42 Å². The van der Waals surface area contributed by atoms with E-state index in [-0.39, 0.29) is 0 Å². The third-order valence-electron chi connectivity index (χ3n) is 3.86. The maximum Gasteiger partial charge on any atom is 0.0270 e. The first-order valence-corrected chi connectivity index (χ1v) is 7.69. The van der Waals surface area contributed by atoms with Crippen LogP contribution in [0.15, 0.2) is 49.1 Å². The third kappa shape index (κ3) is 4.76. The Morgan fingerprint density at radius 2 is 1.50 bits per heavy atom. The van der Waals surface area contributed by atoms with E-state index in [9.17, 15) is 0 Å². The van der Waals surface area contributed by atoms with Crippen LogP contribution in [0.1, 0.15) is 56.1 Å². The minimum absolute atomic E-state index is 0.651. The maximum absolute atomic E-state index is 4.13. The number of aryl methyl sites for hydroxylation is 1. The van der Waals surface area contributed by atoms with Gasteiger partial charge < -0.3 is 0 Å². The van der Waals surface area contributed by atoms with Gasteiger partial charge in [-0.05, 0) is 60.6 Å². The Labute approximate surface area is 122 Å². The molecule has 2 aromatic rings. The summed E-state index contributed by atoms with van der Waals surface area (Å²) in [5.41, 5.74) is 2.82. The zero-order chi connectivity index (χ0) is 14.0. The van der Waals surface area contributed by atoms with Crippen molar-refractivity contribution in [2.24, 2.45) is 0 Å². The maximum atomic E-state index is 4.13. The fourth-order valence-corrected chi connectivity index (χ4v) is 2.64. The van der Waals surface area contributed by atoms with Crippen molar-refractivity contribution in [1.82, 2.24) is 9.97 Å². The van der Waals surface area contributed by atoms with Gasteiger partial charge in [0.2, 0.25) is 0 Å². The summed E-state index contributed by atoms with van der Waals surface area (Å²) in [4.78, 5) is 8.22. The van der Waals surface area contributed by atoms with Gasteiger partial charge in [0.1, 0.15) is 0 Å². The number of pyridine rings is 2. The standard InChI is InChI=1S/C18H24N2/c1-2-3-4-5-17(18-10-14-20-15-11-18)7-6-16-8-12-19-13-9-16/h8-15,17H,2-7H2,1H3. The van der Waals surface area contributed by atoms with Crippen molar-refractivity contribution in [1.29, 1.82) is 0 Å². The molecular formula is C18H24N2. The Hall–Kier alpha value is -1.70. The third-order valence-corrected chi connectivity index (χ3v) is 3.86. The normalized spacial score (nSPS) is 12.2. The van der Waals surface area contributed by atoms with Crippen molar-refractivity contribution in [3.8, 4) is 0 Å². The molecule has 2 rings (SSSR count). The molecule has 0 amide bonds. The highest BCUT2D eigenvalue weighted by Crippen LogP contribution is 2.27. The van der Waals surface area contributed by atoms with E-state index in [1.54, 1.807) is 0 Å². The minimum atomic E-state index is 0.651. The number of unbranched alkanes of at least 4 members (excludes halogenated alkanes) is 2. The molecule has 0 aliphatic carbocycles. The largest absolute Gasteiger partial charge is 0.265 e. The van der Waals surface area contributed by atoms with E-state index in [2.05, 4.69) is 41.2 Å². The first kappa shape index (κ1) is 14.7. The van der Waals surface area contributed by atoms with Crippen molar-refractivity contribution < 1.29 is 0 Å². The van der Waals surface area contributed by atoms with Crippen molar-refractivity contribution in [3.05, 3.63) is 60.2 Å². The second-order valence-electron chi connectivity index (χ2n) is 5.37. The predicted octanol–water partition coefficient (Wildman–Crippen LogP) is 4.77. The molecule has 0 aliphatic heterocycles. The van der Waals surface area contributed by atoms with E-state index in [1.165, 1.54) is 43.2 Å². The SMILES string of the molecule is CCCCCC(CCc1ccncc1)c1ccncc1. The van der Waals surface area contributed by atoms with Crippen LogP contribution in [0.25, 0.3) is 0 Å². The van der Waals surface area contributed by atoms with Gasteiger partial charge >= 0.3 is 0 Å². The molecule has 1 atom stereocenters. The zero-order valence-corrected chi connectivity index (χ0v) is 12.3. The average molecular weight is 268 g/mol. The van der Waals surface area contributed by atoms with E-state index in [1.807, 2.05) is 24.8 Å². The van der Waals surface area contributed by atoms with Gasteiger partial charge in [-0.15, -0.1) is 0 Å². The zero-order valence-electron chi connectivity index (χ0n) is 12.3. The fraction of sp³-hybridized carbons (Fsp3) is 0.444. The van der Waals surface area contributed by atoms with Gasteiger partial charge in [-0.25, -0.2) is 0 Å². The highest BCUT2D eigenvalue weighted by atomic mass is 14.6. The molecule has 0 aromatic carbocycles. The molecule has 20 heavy (non-hydrogen) atoms. The lowest BCUT2D eigenvalue weighted by Gasteiger charge is -2.17. The van der Waals surface area contributed by atoms with Crippen molar-refractivity contribution in [3.63, 3.8) is 0 Å². The van der Waals surface area contributed by atoms with E-state index in [0.717, 1.165) is 6.42 Å². The number of rotatable bonds is 8. The van der Waals surface area contributed by atoms with E-state index < -0.39 is 0 Å². The Morgan fingerprint density at radius 1 is 0.850 bits per heavy atom. The minimum Gasteiger partial charge on any atom is -0.265 e. The van der Waals surface area contributed by atoms with Crippen LogP contribution in [0.3, 0.4) is 0 Å². The first-order valence-electron chi connectivity index (χ1n) is 7.69. The topological polar surface area (TPSA) is 25.8 Å². The highest BCUT2D eigenvalue weighted by molar-refractivity contribution is 5.17. The summed E-state index contributed by atoms with van der Waals surface area (Å²) in [5.74, 6) is 0.651. The highest BCUT2D eigenvalue weighted by Gasteiger charge is 2.11. The Kier molecular flexibility index (Phi) is 6.22. The molecule has 0 saturated heterocycles. The summed E-state index contributed by atoms with van der Waals surface area (Å²) >= 11 is 0. The summed E-state index contributed by atoms with van der Waals surface area (Å²) in [6.45, 7) is 2.26. The molecule has 2 heteroatoms. The summed E-state index contributed by atoms with van der Waals surface area (Å²) < 4.78 is 0. The molecule has 2 aromatic heterocycles. The van der Waals surface area contributed by atoms with Crippen molar-refractivity contribution in [2.75, 3.05) is 0 Å². The molecule has 0 fully saturated rings. The molecule has 0 spiro atoms. The van der Waals surface area contributed by atoms with E-state index >= 15 is 0 Å². The molecule has 0 bridgehead atoms. The first-order chi connectivity index (χ1) is 9.90. The monoisotopic (exact) mass is 268 g/mol. The van der Waals surface area contributed by atoms with Gasteiger partial charge in [0.25, 0.3) is 0 Å². The molecule has 0 N–H and O–H groups in total. The van der Waals surface area contributed by atoms with Gasteiger partial charge in [0, 0.05) is 24.8 Å². The van der Waals surface area contributed by atoms with Crippen LogP contribution in [-0.4, -0.2) is 9.97 Å². The summed E-state index contributed by atoms with van der Waals surface area (Å²) in [7, 11) is 0. The van der Waals surface area contributed by atoms with Crippen LogP contribution < -0.4 is 0 Å². The Balaban J connectivity index is 1.95. The lowest BCUT2D eigenvalue weighted by Crippen LogP contribution is -2.02. The molecule has 2 heterocycles. The van der Waals surface area contributed by atoms with Crippen LogP contribution in [0.2, 0.25) is 0 Å². The van der Waals surface area contributed by atoms with Gasteiger partial charge in [-0.1, -0.05) is 26.2 Å². The van der Waals surface area contributed by atoms with Crippen LogP contribution >= 0.6 is 0 Å². The van der Waals surface area contributed by atoms with Crippen molar-refractivity contribution >= 4 is 0 Å². The van der Waals surface area contributed by atoms with Gasteiger partial charge in [0.05, 0.1) is 0 Å². The summed E-state index contributed by atoms with van der Waals surface area (Å²) in [6.07, 6.45) is 15.1. The predicted molar refractivity (Wildman–Crippen MR) is 83.7 cm³/mol. The summed E-state index contributed by atoms with van der Waals surface area (Å²) in [6, 6.07) is 8.58. The van der Waals surface area contributed by atoms with E-state index in [4.69, 9.17) is 0 Å². The smallest absolute Gasteiger partial charge is 0.0270 e. The van der Waals surface area contributed by atoms with Crippen LogP contribution in [0.4, 0.5) is 0 Å².